The molecule has 1 aromatic rings. The summed E-state index contributed by atoms with van der Waals surface area (Å²) in [7, 11) is 2.00. The summed E-state index contributed by atoms with van der Waals surface area (Å²) in [5, 5.41) is 2.65. The molecule has 4 nitrogen and oxygen atoms in total. The van der Waals surface area contributed by atoms with Crippen LogP contribution in [-0.2, 0) is 0 Å². The van der Waals surface area contributed by atoms with E-state index in [0.717, 1.165) is 6.07 Å². The number of hydrogen-bond donors (Lipinski definition) is 2. The Morgan fingerprint density at radius 2 is 2.10 bits per heavy atom. The topological polar surface area (TPSA) is 58.4 Å². The number of amides is 1. The zero-order valence-corrected chi connectivity index (χ0v) is 11.6. The van der Waals surface area contributed by atoms with Crippen molar-refractivity contribution in [3.8, 4) is 0 Å². The summed E-state index contributed by atoms with van der Waals surface area (Å²) in [5.74, 6) is -2.34. The molecule has 1 aliphatic rings. The van der Waals surface area contributed by atoms with E-state index in [2.05, 4.69) is 10.2 Å². The number of nitrogen functional groups attached to an aromatic ring is 1. The van der Waals surface area contributed by atoms with Crippen molar-refractivity contribution < 1.29 is 13.6 Å². The highest BCUT2D eigenvalue weighted by Gasteiger charge is 2.29. The molecule has 2 rings (SSSR count). The molecule has 0 heterocycles. The average molecular weight is 283 g/mol. The number of nitrogens with zero attached hydrogens (tertiary/aromatic N) is 1. The highest BCUT2D eigenvalue weighted by Crippen LogP contribution is 2.26. The molecule has 1 fully saturated rings. The molecule has 1 aliphatic carbocycles. The number of carbonyl (C=O) groups is 1. The SMILES string of the molecule is CC(CNC(=O)c1cc(N)c(F)cc1F)N(C)C1CC1. The second kappa shape index (κ2) is 5.75. The van der Waals surface area contributed by atoms with E-state index >= 15 is 0 Å². The van der Waals surface area contributed by atoms with Crippen molar-refractivity contribution >= 4 is 11.6 Å². The molecule has 6 heteroatoms. The molecule has 1 saturated carbocycles. The Kier molecular flexibility index (Phi) is 4.23. The van der Waals surface area contributed by atoms with Crippen molar-refractivity contribution in [3.63, 3.8) is 0 Å². The summed E-state index contributed by atoms with van der Waals surface area (Å²) in [6.07, 6.45) is 2.36. The van der Waals surface area contributed by atoms with Crippen molar-refractivity contribution in [3.05, 3.63) is 29.3 Å². The number of carbonyl (C=O) groups excluding carboxylic acids is 1. The first-order valence-corrected chi connectivity index (χ1v) is 6.64. The van der Waals surface area contributed by atoms with Crippen molar-refractivity contribution in [2.24, 2.45) is 0 Å². The molecule has 0 radical (unpaired) electrons. The first-order valence-electron chi connectivity index (χ1n) is 6.64. The fourth-order valence-corrected chi connectivity index (χ4v) is 2.06. The number of rotatable bonds is 5. The Labute approximate surface area is 116 Å². The lowest BCUT2D eigenvalue weighted by Gasteiger charge is -2.24. The highest BCUT2D eigenvalue weighted by molar-refractivity contribution is 5.95. The first-order chi connectivity index (χ1) is 9.40. The smallest absolute Gasteiger partial charge is 0.254 e. The van der Waals surface area contributed by atoms with E-state index < -0.39 is 17.5 Å². The van der Waals surface area contributed by atoms with Gasteiger partial charge in [0.05, 0.1) is 11.3 Å². The van der Waals surface area contributed by atoms with Crippen molar-refractivity contribution in [1.29, 1.82) is 0 Å². The number of halogens is 2. The summed E-state index contributed by atoms with van der Waals surface area (Å²) in [5.41, 5.74) is 4.88. The van der Waals surface area contributed by atoms with Crippen LogP contribution in [0.1, 0.15) is 30.1 Å². The second-order valence-corrected chi connectivity index (χ2v) is 5.31. The molecule has 0 bridgehead atoms. The molecule has 110 valence electrons. The van der Waals surface area contributed by atoms with Crippen LogP contribution >= 0.6 is 0 Å². The zero-order chi connectivity index (χ0) is 14.9. The van der Waals surface area contributed by atoms with Crippen LogP contribution in [0, 0.1) is 11.6 Å². The lowest BCUT2D eigenvalue weighted by Crippen LogP contribution is -2.41. The van der Waals surface area contributed by atoms with Crippen LogP contribution in [-0.4, -0.2) is 36.5 Å². The predicted octanol–water partition coefficient (Wildman–Crippen LogP) is 1.76. The lowest BCUT2D eigenvalue weighted by atomic mass is 10.1. The Balaban J connectivity index is 1.96. The van der Waals surface area contributed by atoms with Gasteiger partial charge in [-0.1, -0.05) is 0 Å². The third kappa shape index (κ3) is 3.25. The molecule has 20 heavy (non-hydrogen) atoms. The van der Waals surface area contributed by atoms with E-state index in [9.17, 15) is 13.6 Å². The number of anilines is 1. The van der Waals surface area contributed by atoms with Crippen LogP contribution in [0.25, 0.3) is 0 Å². The lowest BCUT2D eigenvalue weighted by molar-refractivity contribution is 0.0935. The van der Waals surface area contributed by atoms with Gasteiger partial charge >= 0.3 is 0 Å². The van der Waals surface area contributed by atoms with Crippen LogP contribution in [0.4, 0.5) is 14.5 Å². The van der Waals surface area contributed by atoms with E-state index in [1.165, 1.54) is 12.8 Å². The van der Waals surface area contributed by atoms with Gasteiger partial charge in [0, 0.05) is 24.7 Å². The zero-order valence-electron chi connectivity index (χ0n) is 11.6. The molecule has 0 saturated heterocycles. The first kappa shape index (κ1) is 14.7. The van der Waals surface area contributed by atoms with E-state index in [-0.39, 0.29) is 17.3 Å². The Morgan fingerprint density at radius 3 is 2.70 bits per heavy atom. The van der Waals surface area contributed by atoms with Gasteiger partial charge in [0.15, 0.2) is 0 Å². The molecule has 3 N–H and O–H groups in total. The summed E-state index contributed by atoms with van der Waals surface area (Å²) < 4.78 is 26.6. The van der Waals surface area contributed by atoms with Gasteiger partial charge in [-0.2, -0.15) is 0 Å². The van der Waals surface area contributed by atoms with Crippen LogP contribution in [0.15, 0.2) is 12.1 Å². The Morgan fingerprint density at radius 1 is 1.45 bits per heavy atom. The normalized spacial score (nSPS) is 16.2. The molecule has 0 spiro atoms. The van der Waals surface area contributed by atoms with Crippen LogP contribution < -0.4 is 11.1 Å². The average Bonchev–Trinajstić information content (AvgIpc) is 3.23. The molecule has 1 unspecified atom stereocenters. The third-order valence-corrected chi connectivity index (χ3v) is 3.71. The minimum atomic E-state index is -0.905. The maximum absolute atomic E-state index is 13.5. The summed E-state index contributed by atoms with van der Waals surface area (Å²) >= 11 is 0. The van der Waals surface area contributed by atoms with Gasteiger partial charge in [-0.15, -0.1) is 0 Å². The molecule has 1 aromatic carbocycles. The molecule has 1 amide bonds. The molecular formula is C14H19F2N3O. The standard InChI is InChI=1S/C14H19F2N3O/c1-8(19(2)9-3-4-9)7-18-14(20)10-5-13(17)12(16)6-11(10)15/h5-6,8-9H,3-4,7,17H2,1-2H3,(H,18,20). The van der Waals surface area contributed by atoms with Crippen LogP contribution in [0.2, 0.25) is 0 Å². The summed E-state index contributed by atoms with van der Waals surface area (Å²) in [4.78, 5) is 14.1. The highest BCUT2D eigenvalue weighted by atomic mass is 19.1. The number of benzene rings is 1. The quantitative estimate of drug-likeness (QED) is 0.810. The molecular weight excluding hydrogens is 264 g/mol. The van der Waals surface area contributed by atoms with Crippen molar-refractivity contribution in [2.45, 2.75) is 31.8 Å². The van der Waals surface area contributed by atoms with Gasteiger partial charge in [0.1, 0.15) is 11.6 Å². The second-order valence-electron chi connectivity index (χ2n) is 5.31. The predicted molar refractivity (Wildman–Crippen MR) is 73.4 cm³/mol. The van der Waals surface area contributed by atoms with E-state index in [1.54, 1.807) is 0 Å². The molecule has 1 atom stereocenters. The minimum Gasteiger partial charge on any atom is -0.396 e. The van der Waals surface area contributed by atoms with E-state index in [1.807, 2.05) is 14.0 Å². The minimum absolute atomic E-state index is 0.160. The molecule has 0 aromatic heterocycles. The largest absolute Gasteiger partial charge is 0.396 e. The Hall–Kier alpha value is -1.69. The van der Waals surface area contributed by atoms with Gasteiger partial charge in [-0.05, 0) is 32.9 Å². The van der Waals surface area contributed by atoms with Crippen LogP contribution in [0.5, 0.6) is 0 Å². The number of nitrogens with one attached hydrogen (secondary N) is 1. The maximum atomic E-state index is 13.5. The maximum Gasteiger partial charge on any atom is 0.254 e. The fraction of sp³-hybridized carbons (Fsp3) is 0.500. The number of hydrogen-bond acceptors (Lipinski definition) is 3. The number of likely N-dealkylation sites (N-methyl/N-ethyl adjacent to an activating group) is 1. The fourth-order valence-electron chi connectivity index (χ4n) is 2.06. The summed E-state index contributed by atoms with van der Waals surface area (Å²) in [6, 6.07) is 2.40. The van der Waals surface area contributed by atoms with Crippen molar-refractivity contribution in [2.75, 3.05) is 19.3 Å². The third-order valence-electron chi connectivity index (χ3n) is 3.71. The number of nitrogens with two attached hydrogens (primary N) is 1. The van der Waals surface area contributed by atoms with Gasteiger partial charge in [-0.25, -0.2) is 8.78 Å². The molecule has 0 aliphatic heterocycles. The van der Waals surface area contributed by atoms with Crippen LogP contribution in [0.3, 0.4) is 0 Å². The Bertz CT molecular complexity index is 517. The van der Waals surface area contributed by atoms with Gasteiger partial charge < -0.3 is 11.1 Å². The van der Waals surface area contributed by atoms with Crippen molar-refractivity contribution in [1.82, 2.24) is 10.2 Å². The van der Waals surface area contributed by atoms with Gasteiger partial charge in [0.2, 0.25) is 0 Å². The van der Waals surface area contributed by atoms with Gasteiger partial charge in [-0.3, -0.25) is 9.69 Å². The monoisotopic (exact) mass is 283 g/mol. The van der Waals surface area contributed by atoms with E-state index in [4.69, 9.17) is 5.73 Å². The summed E-state index contributed by atoms with van der Waals surface area (Å²) in [6.45, 7) is 2.40. The van der Waals surface area contributed by atoms with Gasteiger partial charge in [0.25, 0.3) is 5.91 Å². The van der Waals surface area contributed by atoms with E-state index in [0.29, 0.717) is 18.7 Å².